The molecule has 0 atom stereocenters. The zero-order chi connectivity index (χ0) is 20.9. The van der Waals surface area contributed by atoms with E-state index in [0.717, 1.165) is 30.8 Å². The molecule has 0 aromatic heterocycles. The first-order valence-electron chi connectivity index (χ1n) is 10.4. The molecule has 1 aliphatic heterocycles. The molecule has 0 fully saturated rings. The number of hydrogen-bond acceptors (Lipinski definition) is 3. The van der Waals surface area contributed by atoms with E-state index in [-0.39, 0.29) is 5.91 Å². The molecular formula is C26H28N2O2. The van der Waals surface area contributed by atoms with Crippen molar-refractivity contribution in [3.8, 4) is 5.75 Å². The molecular weight excluding hydrogens is 372 g/mol. The lowest BCUT2D eigenvalue weighted by molar-refractivity contribution is 0.0785. The number of rotatable bonds is 6. The van der Waals surface area contributed by atoms with Crippen molar-refractivity contribution in [2.75, 3.05) is 25.6 Å². The molecule has 0 spiro atoms. The Labute approximate surface area is 178 Å². The molecule has 0 unspecified atom stereocenters. The summed E-state index contributed by atoms with van der Waals surface area (Å²) in [5, 5.41) is 0. The van der Waals surface area contributed by atoms with Gasteiger partial charge < -0.3 is 14.5 Å². The van der Waals surface area contributed by atoms with Gasteiger partial charge in [0, 0.05) is 37.9 Å². The number of ether oxygens (including phenoxy) is 1. The summed E-state index contributed by atoms with van der Waals surface area (Å²) in [4.78, 5) is 17.0. The lowest BCUT2D eigenvalue weighted by atomic mass is 10.0. The third-order valence-corrected chi connectivity index (χ3v) is 5.71. The highest BCUT2D eigenvalue weighted by Crippen LogP contribution is 2.28. The van der Waals surface area contributed by atoms with Gasteiger partial charge in [0.1, 0.15) is 5.75 Å². The van der Waals surface area contributed by atoms with E-state index in [0.29, 0.717) is 12.1 Å². The summed E-state index contributed by atoms with van der Waals surface area (Å²) in [5.41, 5.74) is 5.78. The second kappa shape index (κ2) is 9.04. The van der Waals surface area contributed by atoms with Gasteiger partial charge in [0.25, 0.3) is 5.91 Å². The highest BCUT2D eigenvalue weighted by molar-refractivity contribution is 5.94. The van der Waals surface area contributed by atoms with Gasteiger partial charge in [-0.05, 0) is 59.9 Å². The summed E-state index contributed by atoms with van der Waals surface area (Å²) in [7, 11) is 3.49. The van der Waals surface area contributed by atoms with Crippen molar-refractivity contribution < 1.29 is 9.53 Å². The number of para-hydroxylation sites is 1. The molecule has 4 nitrogen and oxygen atoms in total. The Hall–Kier alpha value is -3.27. The summed E-state index contributed by atoms with van der Waals surface area (Å²) in [5.74, 6) is 0.848. The smallest absolute Gasteiger partial charge is 0.253 e. The van der Waals surface area contributed by atoms with Crippen LogP contribution in [0.5, 0.6) is 5.75 Å². The average Bonchev–Trinajstić information content (AvgIpc) is 2.80. The van der Waals surface area contributed by atoms with Crippen LogP contribution in [-0.2, 0) is 19.5 Å². The number of anilines is 1. The van der Waals surface area contributed by atoms with Crippen molar-refractivity contribution >= 4 is 11.6 Å². The highest BCUT2D eigenvalue weighted by atomic mass is 16.5. The quantitative estimate of drug-likeness (QED) is 0.589. The predicted octanol–water partition coefficient (Wildman–Crippen LogP) is 4.92. The third-order valence-electron chi connectivity index (χ3n) is 5.71. The standard InChI is InChI=1S/C26H28N2O2/c1-27(18-20-11-15-24(30-2)16-12-20)26(29)23-13-9-21(10-14-23)19-28-17-5-7-22-6-3-4-8-25(22)28/h3-4,6,8-16H,5,7,17-19H2,1-2H3. The van der Waals surface area contributed by atoms with Crippen molar-refractivity contribution in [3.63, 3.8) is 0 Å². The number of hydrogen-bond donors (Lipinski definition) is 0. The van der Waals surface area contributed by atoms with Crippen LogP contribution < -0.4 is 9.64 Å². The van der Waals surface area contributed by atoms with Crippen LogP contribution >= 0.6 is 0 Å². The first kappa shape index (κ1) is 20.0. The molecule has 0 saturated heterocycles. The Morgan fingerprint density at radius 2 is 1.67 bits per heavy atom. The molecule has 3 aromatic carbocycles. The van der Waals surface area contributed by atoms with Gasteiger partial charge in [0.15, 0.2) is 0 Å². The minimum Gasteiger partial charge on any atom is -0.497 e. The Balaban J connectivity index is 1.40. The van der Waals surface area contributed by atoms with E-state index in [1.54, 1.807) is 12.0 Å². The molecule has 0 radical (unpaired) electrons. The van der Waals surface area contributed by atoms with Gasteiger partial charge in [-0.2, -0.15) is 0 Å². The number of fused-ring (bicyclic) bond motifs is 1. The first-order chi connectivity index (χ1) is 14.6. The average molecular weight is 401 g/mol. The van der Waals surface area contributed by atoms with E-state index in [4.69, 9.17) is 4.74 Å². The molecule has 0 aliphatic carbocycles. The van der Waals surface area contributed by atoms with Gasteiger partial charge in [-0.1, -0.05) is 42.5 Å². The van der Waals surface area contributed by atoms with Crippen LogP contribution in [0, 0.1) is 0 Å². The van der Waals surface area contributed by atoms with Crippen molar-refractivity contribution in [2.24, 2.45) is 0 Å². The Morgan fingerprint density at radius 1 is 0.967 bits per heavy atom. The van der Waals surface area contributed by atoms with E-state index >= 15 is 0 Å². The fourth-order valence-electron chi connectivity index (χ4n) is 4.05. The second-order valence-electron chi connectivity index (χ2n) is 7.86. The lowest BCUT2D eigenvalue weighted by Gasteiger charge is -2.31. The maximum Gasteiger partial charge on any atom is 0.253 e. The number of methoxy groups -OCH3 is 1. The number of amides is 1. The lowest BCUT2D eigenvalue weighted by Crippen LogP contribution is -2.29. The molecule has 3 aromatic rings. The fourth-order valence-corrected chi connectivity index (χ4v) is 4.05. The maximum atomic E-state index is 12.8. The van der Waals surface area contributed by atoms with Gasteiger partial charge in [-0.15, -0.1) is 0 Å². The number of carbonyl (C=O) groups excluding carboxylic acids is 1. The SMILES string of the molecule is COc1ccc(CN(C)C(=O)c2ccc(CN3CCCc4ccccc43)cc2)cc1. The first-order valence-corrected chi connectivity index (χ1v) is 10.4. The van der Waals surface area contributed by atoms with E-state index in [9.17, 15) is 4.79 Å². The van der Waals surface area contributed by atoms with Gasteiger partial charge in [0.2, 0.25) is 0 Å². The molecule has 0 bridgehead atoms. The maximum absolute atomic E-state index is 12.8. The molecule has 1 aliphatic rings. The molecule has 154 valence electrons. The summed E-state index contributed by atoms with van der Waals surface area (Å²) in [6, 6.07) is 24.5. The topological polar surface area (TPSA) is 32.8 Å². The van der Waals surface area contributed by atoms with Crippen molar-refractivity contribution in [1.29, 1.82) is 0 Å². The van der Waals surface area contributed by atoms with Crippen molar-refractivity contribution in [1.82, 2.24) is 4.90 Å². The van der Waals surface area contributed by atoms with E-state index in [1.165, 1.54) is 23.2 Å². The van der Waals surface area contributed by atoms with Gasteiger partial charge in [-0.3, -0.25) is 4.79 Å². The van der Waals surface area contributed by atoms with Crippen LogP contribution in [0.2, 0.25) is 0 Å². The molecule has 4 rings (SSSR count). The monoisotopic (exact) mass is 400 g/mol. The summed E-state index contributed by atoms with van der Waals surface area (Å²) >= 11 is 0. The second-order valence-corrected chi connectivity index (χ2v) is 7.86. The Bertz CT molecular complexity index is 996. The van der Waals surface area contributed by atoms with Crippen molar-refractivity contribution in [3.05, 3.63) is 95.1 Å². The Kier molecular flexibility index (Phi) is 6.03. The fraction of sp³-hybridized carbons (Fsp3) is 0.269. The number of aryl methyl sites for hydroxylation is 1. The minimum atomic E-state index is 0.0284. The van der Waals surface area contributed by atoms with E-state index in [2.05, 4.69) is 41.3 Å². The van der Waals surface area contributed by atoms with Crippen molar-refractivity contribution in [2.45, 2.75) is 25.9 Å². The number of benzene rings is 3. The summed E-state index contributed by atoms with van der Waals surface area (Å²) in [6.07, 6.45) is 2.34. The number of nitrogens with zero attached hydrogens (tertiary/aromatic N) is 2. The highest BCUT2D eigenvalue weighted by Gasteiger charge is 2.17. The van der Waals surface area contributed by atoms with Crippen LogP contribution in [0.1, 0.15) is 33.5 Å². The van der Waals surface area contributed by atoms with Crippen LogP contribution in [0.25, 0.3) is 0 Å². The minimum absolute atomic E-state index is 0.0284. The predicted molar refractivity (Wildman–Crippen MR) is 121 cm³/mol. The molecule has 1 amide bonds. The van der Waals surface area contributed by atoms with Gasteiger partial charge in [0.05, 0.1) is 7.11 Å². The molecule has 1 heterocycles. The number of carbonyl (C=O) groups is 1. The summed E-state index contributed by atoms with van der Waals surface area (Å²) < 4.78 is 5.19. The zero-order valence-corrected chi connectivity index (χ0v) is 17.7. The van der Waals surface area contributed by atoms with Crippen LogP contribution in [0.15, 0.2) is 72.8 Å². The Morgan fingerprint density at radius 3 is 2.40 bits per heavy atom. The van der Waals surface area contributed by atoms with Crippen LogP contribution in [0.4, 0.5) is 5.69 Å². The molecule has 0 saturated carbocycles. The van der Waals surface area contributed by atoms with Crippen LogP contribution in [0.3, 0.4) is 0 Å². The third kappa shape index (κ3) is 4.48. The normalized spacial score (nSPS) is 12.9. The van der Waals surface area contributed by atoms with E-state index < -0.39 is 0 Å². The van der Waals surface area contributed by atoms with E-state index in [1.807, 2.05) is 43.4 Å². The molecule has 30 heavy (non-hydrogen) atoms. The summed E-state index contributed by atoms with van der Waals surface area (Å²) in [6.45, 7) is 2.50. The molecule has 4 heteroatoms. The molecule has 0 N–H and O–H groups in total. The zero-order valence-electron chi connectivity index (χ0n) is 17.7. The van der Waals surface area contributed by atoms with Gasteiger partial charge >= 0.3 is 0 Å². The van der Waals surface area contributed by atoms with Crippen LogP contribution in [-0.4, -0.2) is 31.5 Å². The largest absolute Gasteiger partial charge is 0.497 e. The van der Waals surface area contributed by atoms with Gasteiger partial charge in [-0.25, -0.2) is 0 Å².